The predicted octanol–water partition coefficient (Wildman–Crippen LogP) is -1.12. The number of nitrogens with one attached hydrogen (secondary N) is 2. The van der Waals surface area contributed by atoms with Crippen LogP contribution < -0.4 is 10.6 Å². The van der Waals surface area contributed by atoms with E-state index in [0.717, 1.165) is 5.69 Å². The molecule has 1 aromatic heterocycles. The van der Waals surface area contributed by atoms with E-state index in [1.54, 1.807) is 24.9 Å². The van der Waals surface area contributed by atoms with Crippen molar-refractivity contribution in [2.75, 3.05) is 13.7 Å². The standard InChI is InChI=1S/C10H19N5O2/c1-8(10(17)11-2)12-6-9-7-15(14-13-9)4-3-5-16/h7-8,12,16H,3-6H2,1-2H3,(H,11,17). The van der Waals surface area contributed by atoms with Gasteiger partial charge in [-0.3, -0.25) is 9.48 Å². The van der Waals surface area contributed by atoms with Crippen LogP contribution in [-0.4, -0.2) is 45.7 Å². The maximum atomic E-state index is 11.2. The van der Waals surface area contributed by atoms with Crippen molar-refractivity contribution in [3.8, 4) is 0 Å². The fourth-order valence-corrected chi connectivity index (χ4v) is 1.33. The Morgan fingerprint density at radius 3 is 3.06 bits per heavy atom. The molecule has 17 heavy (non-hydrogen) atoms. The molecule has 1 unspecified atom stereocenters. The highest BCUT2D eigenvalue weighted by atomic mass is 16.3. The highest BCUT2D eigenvalue weighted by Gasteiger charge is 2.10. The molecular formula is C10H19N5O2. The number of rotatable bonds is 7. The van der Waals surface area contributed by atoms with Crippen molar-refractivity contribution >= 4 is 5.91 Å². The molecule has 0 fully saturated rings. The molecule has 0 aromatic carbocycles. The van der Waals surface area contributed by atoms with Crippen LogP contribution in [0.25, 0.3) is 0 Å². The molecule has 0 aliphatic carbocycles. The van der Waals surface area contributed by atoms with E-state index in [4.69, 9.17) is 5.11 Å². The smallest absolute Gasteiger partial charge is 0.236 e. The number of amides is 1. The summed E-state index contributed by atoms with van der Waals surface area (Å²) in [7, 11) is 1.60. The van der Waals surface area contributed by atoms with Gasteiger partial charge < -0.3 is 15.7 Å². The Kier molecular flexibility index (Phi) is 5.58. The third-order valence-corrected chi connectivity index (χ3v) is 2.36. The first-order valence-corrected chi connectivity index (χ1v) is 5.62. The summed E-state index contributed by atoms with van der Waals surface area (Å²) in [5, 5.41) is 22.2. The molecule has 1 aromatic rings. The van der Waals surface area contributed by atoms with Gasteiger partial charge in [-0.05, 0) is 13.3 Å². The number of nitrogens with zero attached hydrogens (tertiary/aromatic N) is 3. The fraction of sp³-hybridized carbons (Fsp3) is 0.700. The summed E-state index contributed by atoms with van der Waals surface area (Å²) in [5.41, 5.74) is 0.777. The van der Waals surface area contributed by atoms with Gasteiger partial charge in [0, 0.05) is 32.9 Å². The minimum Gasteiger partial charge on any atom is -0.396 e. The van der Waals surface area contributed by atoms with Gasteiger partial charge >= 0.3 is 0 Å². The van der Waals surface area contributed by atoms with E-state index in [-0.39, 0.29) is 18.6 Å². The van der Waals surface area contributed by atoms with Gasteiger partial charge in [-0.15, -0.1) is 5.10 Å². The largest absolute Gasteiger partial charge is 0.396 e. The quantitative estimate of drug-likeness (QED) is 0.562. The third kappa shape index (κ3) is 4.49. The van der Waals surface area contributed by atoms with E-state index in [1.807, 2.05) is 0 Å². The number of hydrogen-bond donors (Lipinski definition) is 3. The van der Waals surface area contributed by atoms with Crippen LogP contribution in [0.1, 0.15) is 19.0 Å². The van der Waals surface area contributed by atoms with Crippen LogP contribution in [0.5, 0.6) is 0 Å². The first-order chi connectivity index (χ1) is 8.17. The van der Waals surface area contributed by atoms with Crippen molar-refractivity contribution in [1.82, 2.24) is 25.6 Å². The molecule has 3 N–H and O–H groups in total. The third-order valence-electron chi connectivity index (χ3n) is 2.36. The Labute approximate surface area is 100 Å². The number of likely N-dealkylation sites (N-methyl/N-ethyl adjacent to an activating group) is 1. The van der Waals surface area contributed by atoms with Crippen LogP contribution in [-0.2, 0) is 17.9 Å². The van der Waals surface area contributed by atoms with Crippen molar-refractivity contribution in [2.45, 2.75) is 32.5 Å². The van der Waals surface area contributed by atoms with Gasteiger partial charge in [0.05, 0.1) is 11.7 Å². The van der Waals surface area contributed by atoms with E-state index >= 15 is 0 Å². The molecular weight excluding hydrogens is 222 g/mol. The molecule has 1 amide bonds. The van der Waals surface area contributed by atoms with E-state index in [9.17, 15) is 4.79 Å². The zero-order valence-corrected chi connectivity index (χ0v) is 10.2. The highest BCUT2D eigenvalue weighted by molar-refractivity contribution is 5.80. The van der Waals surface area contributed by atoms with Gasteiger partial charge in [-0.2, -0.15) is 0 Å². The lowest BCUT2D eigenvalue weighted by atomic mass is 10.3. The number of aromatic nitrogens is 3. The minimum absolute atomic E-state index is 0.0577. The van der Waals surface area contributed by atoms with Crippen molar-refractivity contribution in [3.63, 3.8) is 0 Å². The number of hydrogen-bond acceptors (Lipinski definition) is 5. The molecule has 96 valence electrons. The lowest BCUT2D eigenvalue weighted by Gasteiger charge is -2.10. The lowest BCUT2D eigenvalue weighted by molar-refractivity contribution is -0.122. The normalized spacial score (nSPS) is 12.4. The maximum Gasteiger partial charge on any atom is 0.236 e. The number of aliphatic hydroxyl groups is 1. The second kappa shape index (κ2) is 6.97. The first kappa shape index (κ1) is 13.6. The molecule has 1 heterocycles. The molecule has 0 radical (unpaired) electrons. The number of carbonyl (C=O) groups excluding carboxylic acids is 1. The summed E-state index contributed by atoms with van der Waals surface area (Å²) in [6, 6.07) is -0.261. The molecule has 0 aliphatic rings. The van der Waals surface area contributed by atoms with Crippen LogP contribution in [0.3, 0.4) is 0 Å². The summed E-state index contributed by atoms with van der Waals surface area (Å²) >= 11 is 0. The molecule has 1 rings (SSSR count). The van der Waals surface area contributed by atoms with Gasteiger partial charge in [-0.1, -0.05) is 5.21 Å². The predicted molar refractivity (Wildman–Crippen MR) is 62.1 cm³/mol. The van der Waals surface area contributed by atoms with Gasteiger partial charge in [0.2, 0.25) is 5.91 Å². The molecule has 7 nitrogen and oxygen atoms in total. The van der Waals surface area contributed by atoms with E-state index in [1.165, 1.54) is 0 Å². The second-order valence-electron chi connectivity index (χ2n) is 3.77. The minimum atomic E-state index is -0.261. The second-order valence-corrected chi connectivity index (χ2v) is 3.77. The monoisotopic (exact) mass is 241 g/mol. The van der Waals surface area contributed by atoms with Crippen LogP contribution in [0, 0.1) is 0 Å². The van der Waals surface area contributed by atoms with E-state index < -0.39 is 0 Å². The topological polar surface area (TPSA) is 92.1 Å². The average Bonchev–Trinajstić information content (AvgIpc) is 2.80. The number of carbonyl (C=O) groups is 1. The first-order valence-electron chi connectivity index (χ1n) is 5.62. The fourth-order valence-electron chi connectivity index (χ4n) is 1.33. The van der Waals surface area contributed by atoms with Crippen LogP contribution in [0.2, 0.25) is 0 Å². The maximum absolute atomic E-state index is 11.2. The van der Waals surface area contributed by atoms with Crippen molar-refractivity contribution in [2.24, 2.45) is 0 Å². The summed E-state index contributed by atoms with van der Waals surface area (Å²) in [6.45, 7) is 3.07. The molecule has 0 saturated heterocycles. The molecule has 0 bridgehead atoms. The van der Waals surface area contributed by atoms with Crippen LogP contribution in [0.15, 0.2) is 6.20 Å². The van der Waals surface area contributed by atoms with Gasteiger partial charge in [0.15, 0.2) is 0 Å². The van der Waals surface area contributed by atoms with Crippen LogP contribution in [0.4, 0.5) is 0 Å². The Hall–Kier alpha value is -1.47. The zero-order chi connectivity index (χ0) is 12.7. The molecule has 0 aliphatic heterocycles. The van der Waals surface area contributed by atoms with Crippen molar-refractivity contribution in [3.05, 3.63) is 11.9 Å². The summed E-state index contributed by atoms with van der Waals surface area (Å²) < 4.78 is 1.68. The molecule has 1 atom stereocenters. The van der Waals surface area contributed by atoms with E-state index in [0.29, 0.717) is 19.5 Å². The highest BCUT2D eigenvalue weighted by Crippen LogP contribution is 1.95. The molecule has 7 heteroatoms. The number of aryl methyl sites for hydroxylation is 1. The Bertz CT molecular complexity index is 352. The van der Waals surface area contributed by atoms with Crippen molar-refractivity contribution < 1.29 is 9.90 Å². The Morgan fingerprint density at radius 2 is 2.41 bits per heavy atom. The van der Waals surface area contributed by atoms with Crippen LogP contribution >= 0.6 is 0 Å². The van der Waals surface area contributed by atoms with Gasteiger partial charge in [0.25, 0.3) is 0 Å². The Morgan fingerprint density at radius 1 is 1.65 bits per heavy atom. The Balaban J connectivity index is 2.36. The van der Waals surface area contributed by atoms with Crippen molar-refractivity contribution in [1.29, 1.82) is 0 Å². The SMILES string of the molecule is CNC(=O)C(C)NCc1cn(CCCO)nn1. The van der Waals surface area contributed by atoms with E-state index in [2.05, 4.69) is 20.9 Å². The zero-order valence-electron chi connectivity index (χ0n) is 10.2. The van der Waals surface area contributed by atoms with Gasteiger partial charge in [-0.25, -0.2) is 0 Å². The lowest BCUT2D eigenvalue weighted by Crippen LogP contribution is -2.40. The molecule has 0 spiro atoms. The van der Waals surface area contributed by atoms with Gasteiger partial charge in [0.1, 0.15) is 0 Å². The summed E-state index contributed by atoms with van der Waals surface area (Å²) in [6.07, 6.45) is 2.46. The summed E-state index contributed by atoms with van der Waals surface area (Å²) in [5.74, 6) is -0.0577. The molecule has 0 saturated carbocycles. The number of aliphatic hydroxyl groups excluding tert-OH is 1. The summed E-state index contributed by atoms with van der Waals surface area (Å²) in [4.78, 5) is 11.2. The average molecular weight is 241 g/mol.